The second kappa shape index (κ2) is 5.13. The summed E-state index contributed by atoms with van der Waals surface area (Å²) in [5.41, 5.74) is 9.36. The molecule has 4 heteroatoms. The zero-order valence-corrected chi connectivity index (χ0v) is 12.7. The SMILES string of the molecule is Cc1cc(Cl)ccc1-c1nc(C2CCCC2)n(C)c1N. The van der Waals surface area contributed by atoms with E-state index in [1.54, 1.807) is 0 Å². The molecule has 2 N–H and O–H groups in total. The number of nitrogen functional groups attached to an aromatic ring is 1. The van der Waals surface area contributed by atoms with E-state index in [1.165, 1.54) is 25.7 Å². The molecule has 1 aromatic carbocycles. The van der Waals surface area contributed by atoms with Crippen molar-refractivity contribution < 1.29 is 0 Å². The van der Waals surface area contributed by atoms with E-state index < -0.39 is 0 Å². The Morgan fingerprint density at radius 3 is 2.65 bits per heavy atom. The van der Waals surface area contributed by atoms with E-state index >= 15 is 0 Å². The third kappa shape index (κ3) is 2.20. The lowest BCUT2D eigenvalue weighted by molar-refractivity contribution is 0.635. The van der Waals surface area contributed by atoms with Crippen LogP contribution in [0.3, 0.4) is 0 Å². The molecule has 0 unspecified atom stereocenters. The van der Waals surface area contributed by atoms with Gasteiger partial charge >= 0.3 is 0 Å². The van der Waals surface area contributed by atoms with Gasteiger partial charge in [0.2, 0.25) is 0 Å². The van der Waals surface area contributed by atoms with Crippen LogP contribution >= 0.6 is 11.6 Å². The molecule has 20 heavy (non-hydrogen) atoms. The molecule has 0 saturated heterocycles. The third-order valence-electron chi connectivity index (χ3n) is 4.34. The molecule has 1 aliphatic carbocycles. The van der Waals surface area contributed by atoms with Gasteiger partial charge in [0.1, 0.15) is 17.3 Å². The predicted octanol–water partition coefficient (Wildman–Crippen LogP) is 4.29. The van der Waals surface area contributed by atoms with E-state index in [0.29, 0.717) is 5.92 Å². The van der Waals surface area contributed by atoms with Gasteiger partial charge in [0.25, 0.3) is 0 Å². The molecule has 3 nitrogen and oxygen atoms in total. The van der Waals surface area contributed by atoms with Crippen molar-refractivity contribution in [2.75, 3.05) is 5.73 Å². The monoisotopic (exact) mass is 289 g/mol. The fourth-order valence-electron chi connectivity index (χ4n) is 3.17. The van der Waals surface area contributed by atoms with Crippen molar-refractivity contribution in [2.45, 2.75) is 38.5 Å². The first-order valence-corrected chi connectivity index (χ1v) is 7.54. The van der Waals surface area contributed by atoms with Gasteiger partial charge in [-0.2, -0.15) is 0 Å². The Bertz CT molecular complexity index is 639. The zero-order chi connectivity index (χ0) is 14.3. The highest BCUT2D eigenvalue weighted by Crippen LogP contribution is 2.37. The first kappa shape index (κ1) is 13.5. The maximum Gasteiger partial charge on any atom is 0.131 e. The largest absolute Gasteiger partial charge is 0.383 e. The minimum absolute atomic E-state index is 0.559. The molecule has 0 amide bonds. The van der Waals surface area contributed by atoms with Crippen molar-refractivity contribution in [2.24, 2.45) is 7.05 Å². The minimum atomic E-state index is 0.559. The van der Waals surface area contributed by atoms with Crippen LogP contribution in [0.5, 0.6) is 0 Å². The molecule has 0 atom stereocenters. The molecule has 0 radical (unpaired) electrons. The Balaban J connectivity index is 2.07. The van der Waals surface area contributed by atoms with E-state index in [1.807, 2.05) is 32.2 Å². The summed E-state index contributed by atoms with van der Waals surface area (Å²) in [7, 11) is 2.02. The lowest BCUT2D eigenvalue weighted by Crippen LogP contribution is -2.05. The fourth-order valence-corrected chi connectivity index (χ4v) is 3.40. The molecule has 2 aromatic rings. The number of nitrogens with two attached hydrogens (primary N) is 1. The van der Waals surface area contributed by atoms with Crippen LogP contribution in [0.1, 0.15) is 43.0 Å². The van der Waals surface area contributed by atoms with Gasteiger partial charge in [-0.3, -0.25) is 0 Å². The number of aromatic nitrogens is 2. The summed E-state index contributed by atoms with van der Waals surface area (Å²) >= 11 is 6.03. The number of hydrogen-bond acceptors (Lipinski definition) is 2. The number of anilines is 1. The van der Waals surface area contributed by atoms with Crippen LogP contribution < -0.4 is 5.73 Å². The number of imidazole rings is 1. The predicted molar refractivity (Wildman–Crippen MR) is 84.0 cm³/mol. The van der Waals surface area contributed by atoms with E-state index in [0.717, 1.165) is 33.5 Å². The fraction of sp³-hybridized carbons (Fsp3) is 0.438. The van der Waals surface area contributed by atoms with Crippen LogP contribution in [-0.4, -0.2) is 9.55 Å². The summed E-state index contributed by atoms with van der Waals surface area (Å²) in [6.07, 6.45) is 5.05. The standard InChI is InChI=1S/C16H20ClN3/c1-10-9-12(17)7-8-13(10)14-15(18)20(2)16(19-14)11-5-3-4-6-11/h7-9,11H,3-6,18H2,1-2H3. The van der Waals surface area contributed by atoms with Gasteiger partial charge in [0, 0.05) is 23.6 Å². The zero-order valence-electron chi connectivity index (χ0n) is 12.0. The molecule has 1 aliphatic rings. The van der Waals surface area contributed by atoms with Crippen LogP contribution in [0, 0.1) is 6.92 Å². The highest BCUT2D eigenvalue weighted by Gasteiger charge is 2.24. The summed E-state index contributed by atoms with van der Waals surface area (Å²) < 4.78 is 2.05. The van der Waals surface area contributed by atoms with Gasteiger partial charge in [0.15, 0.2) is 0 Å². The van der Waals surface area contributed by atoms with Crippen LogP contribution in [0.2, 0.25) is 5.02 Å². The van der Waals surface area contributed by atoms with Crippen molar-refractivity contribution in [3.8, 4) is 11.3 Å². The second-order valence-corrected chi connectivity index (χ2v) is 6.14. The molecular weight excluding hydrogens is 270 g/mol. The van der Waals surface area contributed by atoms with Gasteiger partial charge in [-0.05, 0) is 37.5 Å². The molecule has 106 valence electrons. The Kier molecular flexibility index (Phi) is 3.47. The summed E-state index contributed by atoms with van der Waals surface area (Å²) in [5, 5.41) is 0.747. The average molecular weight is 290 g/mol. The number of aryl methyl sites for hydroxylation is 1. The van der Waals surface area contributed by atoms with E-state index in [4.69, 9.17) is 22.3 Å². The van der Waals surface area contributed by atoms with Gasteiger partial charge < -0.3 is 10.3 Å². The van der Waals surface area contributed by atoms with Crippen LogP contribution in [0.15, 0.2) is 18.2 Å². The van der Waals surface area contributed by atoms with Crippen molar-refractivity contribution >= 4 is 17.4 Å². The Morgan fingerprint density at radius 1 is 1.30 bits per heavy atom. The van der Waals surface area contributed by atoms with Gasteiger partial charge in [-0.15, -0.1) is 0 Å². The second-order valence-electron chi connectivity index (χ2n) is 5.70. The van der Waals surface area contributed by atoms with E-state index in [2.05, 4.69) is 4.57 Å². The smallest absolute Gasteiger partial charge is 0.131 e. The van der Waals surface area contributed by atoms with E-state index in [9.17, 15) is 0 Å². The van der Waals surface area contributed by atoms with Crippen LogP contribution in [0.25, 0.3) is 11.3 Å². The van der Waals surface area contributed by atoms with Crippen molar-refractivity contribution in [3.63, 3.8) is 0 Å². The van der Waals surface area contributed by atoms with Crippen LogP contribution in [0.4, 0.5) is 5.82 Å². The van der Waals surface area contributed by atoms with Gasteiger partial charge in [-0.25, -0.2) is 4.98 Å². The van der Waals surface area contributed by atoms with Crippen LogP contribution in [-0.2, 0) is 7.05 Å². The van der Waals surface area contributed by atoms with Gasteiger partial charge in [-0.1, -0.05) is 30.5 Å². The molecular formula is C16H20ClN3. The molecule has 1 saturated carbocycles. The number of rotatable bonds is 2. The van der Waals surface area contributed by atoms with Crippen molar-refractivity contribution in [3.05, 3.63) is 34.6 Å². The minimum Gasteiger partial charge on any atom is -0.383 e. The summed E-state index contributed by atoms with van der Waals surface area (Å²) in [4.78, 5) is 4.85. The highest BCUT2D eigenvalue weighted by atomic mass is 35.5. The Hall–Kier alpha value is -1.48. The molecule has 1 aromatic heterocycles. The van der Waals surface area contributed by atoms with E-state index in [-0.39, 0.29) is 0 Å². The Morgan fingerprint density at radius 2 is 2.00 bits per heavy atom. The number of nitrogens with zero attached hydrogens (tertiary/aromatic N) is 2. The molecule has 0 spiro atoms. The molecule has 0 aliphatic heterocycles. The van der Waals surface area contributed by atoms with Gasteiger partial charge in [0.05, 0.1) is 0 Å². The Labute approximate surface area is 124 Å². The first-order valence-electron chi connectivity index (χ1n) is 7.16. The average Bonchev–Trinajstić information content (AvgIpc) is 3.01. The molecule has 3 rings (SSSR count). The summed E-state index contributed by atoms with van der Waals surface area (Å²) in [6.45, 7) is 2.05. The highest BCUT2D eigenvalue weighted by molar-refractivity contribution is 6.30. The third-order valence-corrected chi connectivity index (χ3v) is 4.57. The molecule has 0 bridgehead atoms. The molecule has 1 fully saturated rings. The number of benzene rings is 1. The number of hydrogen-bond donors (Lipinski definition) is 1. The lowest BCUT2D eigenvalue weighted by atomic mass is 10.1. The molecule has 1 heterocycles. The number of halogens is 1. The maximum atomic E-state index is 6.28. The lowest BCUT2D eigenvalue weighted by Gasteiger charge is -2.08. The summed E-state index contributed by atoms with van der Waals surface area (Å²) in [5.74, 6) is 2.44. The quantitative estimate of drug-likeness (QED) is 0.896. The topological polar surface area (TPSA) is 43.8 Å². The first-order chi connectivity index (χ1) is 9.58. The normalized spacial score (nSPS) is 15.9. The van der Waals surface area contributed by atoms with Crippen molar-refractivity contribution in [1.29, 1.82) is 0 Å². The van der Waals surface area contributed by atoms with Crippen molar-refractivity contribution in [1.82, 2.24) is 9.55 Å². The summed E-state index contributed by atoms with van der Waals surface area (Å²) in [6, 6.07) is 5.86. The maximum absolute atomic E-state index is 6.28.